The Morgan fingerprint density at radius 2 is 1.74 bits per heavy atom. The van der Waals surface area contributed by atoms with Gasteiger partial charge in [-0.15, -0.1) is 0 Å². The monoisotopic (exact) mass is 273 g/mol. The minimum atomic E-state index is 0.322. The summed E-state index contributed by atoms with van der Waals surface area (Å²) in [6.07, 6.45) is 3.90. The molecule has 19 heavy (non-hydrogen) atoms. The lowest BCUT2D eigenvalue weighted by molar-refractivity contribution is 0.783. The number of nitrogens with zero attached hydrogens (tertiary/aromatic N) is 3. The fourth-order valence-corrected chi connectivity index (χ4v) is 2.74. The molecule has 0 aliphatic carbocycles. The van der Waals surface area contributed by atoms with Crippen molar-refractivity contribution < 1.29 is 0 Å². The lowest BCUT2D eigenvalue weighted by Gasteiger charge is -2.22. The Morgan fingerprint density at radius 3 is 2.37 bits per heavy atom. The first-order chi connectivity index (χ1) is 9.24. The van der Waals surface area contributed by atoms with Gasteiger partial charge in [0.1, 0.15) is 5.82 Å². The minimum absolute atomic E-state index is 0.322. The van der Waals surface area contributed by atoms with E-state index in [2.05, 4.69) is 39.1 Å². The summed E-state index contributed by atoms with van der Waals surface area (Å²) in [6, 6.07) is 8.67. The first kappa shape index (κ1) is 12.4. The normalized spacial score (nSPS) is 14.9. The Labute approximate surface area is 118 Å². The van der Waals surface area contributed by atoms with Gasteiger partial charge in [0.2, 0.25) is 5.28 Å². The van der Waals surface area contributed by atoms with Crippen molar-refractivity contribution in [2.24, 2.45) is 0 Å². The topological polar surface area (TPSA) is 29.0 Å². The highest BCUT2D eigenvalue weighted by molar-refractivity contribution is 6.28. The third-order valence-corrected chi connectivity index (χ3v) is 3.82. The molecule has 0 unspecified atom stereocenters. The van der Waals surface area contributed by atoms with E-state index < -0.39 is 0 Å². The molecule has 0 fully saturated rings. The van der Waals surface area contributed by atoms with Crippen molar-refractivity contribution in [3.8, 4) is 0 Å². The van der Waals surface area contributed by atoms with Crippen molar-refractivity contribution in [1.82, 2.24) is 9.97 Å². The maximum atomic E-state index is 5.92. The summed E-state index contributed by atoms with van der Waals surface area (Å²) in [5.41, 5.74) is 3.97. The predicted molar refractivity (Wildman–Crippen MR) is 77.8 cm³/mol. The summed E-state index contributed by atoms with van der Waals surface area (Å²) in [5.74, 6) is 0.966. The van der Waals surface area contributed by atoms with E-state index in [1.807, 2.05) is 6.92 Å². The summed E-state index contributed by atoms with van der Waals surface area (Å²) in [4.78, 5) is 10.7. The smallest absolute Gasteiger partial charge is 0.224 e. The van der Waals surface area contributed by atoms with Crippen LogP contribution in [-0.2, 0) is 12.8 Å². The molecule has 0 saturated carbocycles. The molecule has 4 heteroatoms. The quantitative estimate of drug-likeness (QED) is 0.748. The Kier molecular flexibility index (Phi) is 3.38. The molecule has 1 aromatic heterocycles. The van der Waals surface area contributed by atoms with E-state index in [9.17, 15) is 0 Å². The molecule has 2 heterocycles. The summed E-state index contributed by atoms with van der Waals surface area (Å²) in [7, 11) is 0. The van der Waals surface area contributed by atoms with Crippen LogP contribution in [0.15, 0.2) is 30.5 Å². The third kappa shape index (κ3) is 2.56. The maximum Gasteiger partial charge on any atom is 0.224 e. The van der Waals surface area contributed by atoms with E-state index in [4.69, 9.17) is 11.6 Å². The van der Waals surface area contributed by atoms with Crippen molar-refractivity contribution in [3.05, 3.63) is 52.4 Å². The molecule has 0 N–H and O–H groups in total. The highest BCUT2D eigenvalue weighted by Gasteiger charge is 2.16. The fourth-order valence-electron chi connectivity index (χ4n) is 2.61. The van der Waals surface area contributed by atoms with Gasteiger partial charge < -0.3 is 4.90 Å². The second kappa shape index (κ2) is 5.17. The van der Waals surface area contributed by atoms with E-state index in [-0.39, 0.29) is 0 Å². The molecule has 0 radical (unpaired) electrons. The van der Waals surface area contributed by atoms with Gasteiger partial charge in [-0.3, -0.25) is 0 Å². The molecule has 0 saturated heterocycles. The summed E-state index contributed by atoms with van der Waals surface area (Å²) in [6.45, 7) is 3.99. The summed E-state index contributed by atoms with van der Waals surface area (Å²) >= 11 is 5.92. The van der Waals surface area contributed by atoms with Crippen molar-refractivity contribution in [1.29, 1.82) is 0 Å². The molecule has 3 rings (SSSR count). The minimum Gasteiger partial charge on any atom is -0.356 e. The van der Waals surface area contributed by atoms with E-state index in [1.54, 1.807) is 6.20 Å². The van der Waals surface area contributed by atoms with Gasteiger partial charge >= 0.3 is 0 Å². The fraction of sp³-hybridized carbons (Fsp3) is 0.333. The van der Waals surface area contributed by atoms with Gasteiger partial charge in [-0.05, 0) is 42.5 Å². The van der Waals surface area contributed by atoms with Gasteiger partial charge in [0.15, 0.2) is 0 Å². The van der Waals surface area contributed by atoms with Gasteiger partial charge in [-0.1, -0.05) is 24.3 Å². The summed E-state index contributed by atoms with van der Waals surface area (Å²) in [5, 5.41) is 0.322. The van der Waals surface area contributed by atoms with Crippen molar-refractivity contribution in [2.45, 2.75) is 19.8 Å². The molecule has 3 nitrogen and oxygen atoms in total. The number of aryl methyl sites for hydroxylation is 1. The van der Waals surface area contributed by atoms with E-state index in [0.717, 1.165) is 37.3 Å². The number of anilines is 1. The predicted octanol–water partition coefficient (Wildman–Crippen LogP) is 3.04. The molecule has 0 bridgehead atoms. The van der Waals surface area contributed by atoms with Crippen LogP contribution in [-0.4, -0.2) is 23.1 Å². The Bertz CT molecular complexity index is 571. The van der Waals surface area contributed by atoms with E-state index in [1.165, 1.54) is 11.1 Å². The van der Waals surface area contributed by atoms with Crippen molar-refractivity contribution in [3.63, 3.8) is 0 Å². The van der Waals surface area contributed by atoms with Crippen LogP contribution in [0, 0.1) is 6.92 Å². The lowest BCUT2D eigenvalue weighted by Crippen LogP contribution is -2.27. The van der Waals surface area contributed by atoms with Crippen LogP contribution < -0.4 is 4.90 Å². The first-order valence-corrected chi connectivity index (χ1v) is 6.93. The van der Waals surface area contributed by atoms with Crippen LogP contribution in [0.5, 0.6) is 0 Å². The zero-order valence-corrected chi connectivity index (χ0v) is 11.7. The number of rotatable bonds is 1. The van der Waals surface area contributed by atoms with E-state index in [0.29, 0.717) is 5.28 Å². The van der Waals surface area contributed by atoms with E-state index >= 15 is 0 Å². The van der Waals surface area contributed by atoms with Crippen LogP contribution in [0.25, 0.3) is 0 Å². The second-order valence-electron chi connectivity index (χ2n) is 4.90. The Hall–Kier alpha value is -1.61. The molecule has 0 amide bonds. The zero-order valence-electron chi connectivity index (χ0n) is 10.9. The average Bonchev–Trinajstić information content (AvgIpc) is 2.64. The van der Waals surface area contributed by atoms with Crippen LogP contribution in [0.4, 0.5) is 5.82 Å². The van der Waals surface area contributed by atoms with Crippen LogP contribution >= 0.6 is 11.6 Å². The SMILES string of the molecule is Cc1cnc(Cl)nc1N1CCc2ccccc2CC1. The number of hydrogen-bond acceptors (Lipinski definition) is 3. The highest BCUT2D eigenvalue weighted by atomic mass is 35.5. The van der Waals surface area contributed by atoms with Crippen LogP contribution in [0.3, 0.4) is 0 Å². The molecule has 1 aliphatic heterocycles. The van der Waals surface area contributed by atoms with Crippen molar-refractivity contribution >= 4 is 17.4 Å². The lowest BCUT2D eigenvalue weighted by atomic mass is 10.0. The molecular weight excluding hydrogens is 258 g/mol. The van der Waals surface area contributed by atoms with Crippen molar-refractivity contribution in [2.75, 3.05) is 18.0 Å². The largest absolute Gasteiger partial charge is 0.356 e. The number of benzene rings is 1. The number of aromatic nitrogens is 2. The molecule has 1 aliphatic rings. The van der Waals surface area contributed by atoms with Gasteiger partial charge in [0.05, 0.1) is 0 Å². The van der Waals surface area contributed by atoms with Gasteiger partial charge in [-0.2, -0.15) is 0 Å². The van der Waals surface area contributed by atoms with Crippen LogP contribution in [0.1, 0.15) is 16.7 Å². The first-order valence-electron chi connectivity index (χ1n) is 6.55. The maximum absolute atomic E-state index is 5.92. The average molecular weight is 274 g/mol. The zero-order chi connectivity index (χ0) is 13.2. The molecular formula is C15H16ClN3. The molecule has 2 aromatic rings. The molecule has 0 spiro atoms. The molecule has 98 valence electrons. The Morgan fingerprint density at radius 1 is 1.11 bits per heavy atom. The van der Waals surface area contributed by atoms with Crippen LogP contribution in [0.2, 0.25) is 5.28 Å². The highest BCUT2D eigenvalue weighted by Crippen LogP contribution is 2.22. The number of fused-ring (bicyclic) bond motifs is 1. The number of halogens is 1. The third-order valence-electron chi connectivity index (χ3n) is 3.64. The van der Waals surface area contributed by atoms with Gasteiger partial charge in [0.25, 0.3) is 0 Å². The van der Waals surface area contributed by atoms with Gasteiger partial charge in [0, 0.05) is 24.8 Å². The number of hydrogen-bond donors (Lipinski definition) is 0. The van der Waals surface area contributed by atoms with Gasteiger partial charge in [-0.25, -0.2) is 9.97 Å². The molecule has 0 atom stereocenters. The standard InChI is InChI=1S/C15H16ClN3/c1-11-10-17-15(16)18-14(11)19-8-6-12-4-2-3-5-13(12)7-9-19/h2-5,10H,6-9H2,1H3. The Balaban J connectivity index is 1.87. The second-order valence-corrected chi connectivity index (χ2v) is 5.24. The molecule has 1 aromatic carbocycles. The summed E-state index contributed by atoms with van der Waals surface area (Å²) < 4.78 is 0.